The molecule has 0 spiro atoms. The zero-order valence-corrected chi connectivity index (χ0v) is 16.0. The summed E-state index contributed by atoms with van der Waals surface area (Å²) in [5.74, 6) is 0.437. The molecule has 5 rings (SSSR count). The fraction of sp³-hybridized carbons (Fsp3) is 0.304. The second kappa shape index (κ2) is 7.17. The summed E-state index contributed by atoms with van der Waals surface area (Å²) in [6, 6.07) is 15.0. The first-order valence-corrected chi connectivity index (χ1v) is 10.1. The van der Waals surface area contributed by atoms with Crippen LogP contribution in [-0.4, -0.2) is 20.7 Å². The van der Waals surface area contributed by atoms with Crippen molar-refractivity contribution in [2.45, 2.75) is 44.2 Å². The number of aryl methyl sites for hydroxylation is 1. The average molecular weight is 383 g/mol. The minimum Gasteiger partial charge on any atom is -0.344 e. The number of hydrogen-bond acceptors (Lipinski definition) is 4. The Kier molecular flexibility index (Phi) is 4.36. The van der Waals surface area contributed by atoms with E-state index in [1.165, 1.54) is 12.8 Å². The Morgan fingerprint density at radius 1 is 1.17 bits per heavy atom. The van der Waals surface area contributed by atoms with E-state index in [4.69, 9.17) is 10.4 Å². The van der Waals surface area contributed by atoms with E-state index in [1.54, 1.807) is 24.3 Å². The molecule has 1 aromatic carbocycles. The molecule has 6 nitrogen and oxygen atoms in total. The van der Waals surface area contributed by atoms with Crippen molar-refractivity contribution in [2.24, 2.45) is 0 Å². The lowest BCUT2D eigenvalue weighted by atomic mass is 10.0. The van der Waals surface area contributed by atoms with Gasteiger partial charge in [0.1, 0.15) is 0 Å². The highest BCUT2D eigenvalue weighted by Gasteiger charge is 2.27. The zero-order valence-electron chi connectivity index (χ0n) is 16.0. The van der Waals surface area contributed by atoms with Crippen LogP contribution in [0.15, 0.2) is 48.7 Å². The predicted molar refractivity (Wildman–Crippen MR) is 108 cm³/mol. The molecule has 2 aromatic heterocycles. The number of fused-ring (bicyclic) bond motifs is 1. The first-order chi connectivity index (χ1) is 14.2. The fourth-order valence-electron chi connectivity index (χ4n) is 3.95. The third-order valence-electron chi connectivity index (χ3n) is 5.66. The van der Waals surface area contributed by atoms with Crippen molar-refractivity contribution in [2.75, 3.05) is 0 Å². The second-order valence-electron chi connectivity index (χ2n) is 7.78. The van der Waals surface area contributed by atoms with E-state index in [-0.39, 0.29) is 11.9 Å². The highest BCUT2D eigenvalue weighted by atomic mass is 16.1. The maximum Gasteiger partial charge on any atom is 0.251 e. The number of nitriles is 1. The Bertz CT molecular complexity index is 1120. The largest absolute Gasteiger partial charge is 0.344 e. The van der Waals surface area contributed by atoms with Crippen molar-refractivity contribution in [1.82, 2.24) is 20.1 Å². The highest BCUT2D eigenvalue weighted by Crippen LogP contribution is 2.40. The maximum atomic E-state index is 12.7. The van der Waals surface area contributed by atoms with Gasteiger partial charge in [0.25, 0.3) is 5.91 Å². The Morgan fingerprint density at radius 3 is 2.90 bits per heavy atom. The lowest BCUT2D eigenvalue weighted by molar-refractivity contribution is 0.0928. The first kappa shape index (κ1) is 17.6. The maximum absolute atomic E-state index is 12.7. The van der Waals surface area contributed by atoms with Crippen LogP contribution >= 0.6 is 0 Å². The number of nitrogens with zero attached hydrogens (tertiary/aromatic N) is 4. The van der Waals surface area contributed by atoms with Crippen LogP contribution in [0.25, 0.3) is 11.3 Å². The summed E-state index contributed by atoms with van der Waals surface area (Å²) in [4.78, 5) is 17.2. The van der Waals surface area contributed by atoms with Gasteiger partial charge in [-0.05, 0) is 62.1 Å². The fourth-order valence-corrected chi connectivity index (χ4v) is 3.95. The average Bonchev–Trinajstić information content (AvgIpc) is 3.52. The van der Waals surface area contributed by atoms with Gasteiger partial charge in [-0.25, -0.2) is 0 Å². The van der Waals surface area contributed by atoms with Crippen molar-refractivity contribution >= 4 is 5.91 Å². The van der Waals surface area contributed by atoms with Crippen LogP contribution in [0.3, 0.4) is 0 Å². The van der Waals surface area contributed by atoms with E-state index in [2.05, 4.69) is 28.5 Å². The Labute approximate surface area is 169 Å². The Hall–Kier alpha value is -3.46. The van der Waals surface area contributed by atoms with Crippen LogP contribution in [0.5, 0.6) is 0 Å². The smallest absolute Gasteiger partial charge is 0.251 e. The summed E-state index contributed by atoms with van der Waals surface area (Å²) in [5, 5.41) is 17.0. The number of pyridine rings is 1. The molecule has 1 atom stereocenters. The highest BCUT2D eigenvalue weighted by molar-refractivity contribution is 5.94. The number of nitrogens with one attached hydrogen (secondary N) is 1. The molecule has 3 aromatic rings. The van der Waals surface area contributed by atoms with Gasteiger partial charge < -0.3 is 5.32 Å². The number of aromatic nitrogens is 3. The quantitative estimate of drug-likeness (QED) is 0.739. The summed E-state index contributed by atoms with van der Waals surface area (Å²) >= 11 is 0. The molecule has 6 heteroatoms. The van der Waals surface area contributed by atoms with E-state index >= 15 is 0 Å². The summed E-state index contributed by atoms with van der Waals surface area (Å²) in [5.41, 5.74) is 5.17. The molecule has 144 valence electrons. The molecule has 29 heavy (non-hydrogen) atoms. The zero-order chi connectivity index (χ0) is 19.8. The normalized spacial score (nSPS) is 18.0. The first-order valence-electron chi connectivity index (χ1n) is 10.1. The summed E-state index contributed by atoms with van der Waals surface area (Å²) in [6.45, 7) is 0.853. The van der Waals surface area contributed by atoms with Crippen molar-refractivity contribution in [1.29, 1.82) is 5.26 Å². The molecule has 1 saturated carbocycles. The lowest BCUT2D eigenvalue weighted by Crippen LogP contribution is -2.32. The molecular formula is C23H21N5O. The van der Waals surface area contributed by atoms with Crippen LogP contribution in [0.1, 0.15) is 65.0 Å². The molecule has 0 bridgehead atoms. The third-order valence-corrected chi connectivity index (χ3v) is 5.66. The van der Waals surface area contributed by atoms with Gasteiger partial charge in [0, 0.05) is 35.5 Å². The molecule has 3 heterocycles. The number of carbonyl (C=O) groups is 1. The van der Waals surface area contributed by atoms with Crippen LogP contribution in [0, 0.1) is 11.3 Å². The minimum absolute atomic E-state index is 0.0898. The molecule has 1 fully saturated rings. The van der Waals surface area contributed by atoms with Gasteiger partial charge in [-0.3, -0.25) is 14.5 Å². The lowest BCUT2D eigenvalue weighted by Gasteiger charge is -2.24. The second-order valence-corrected chi connectivity index (χ2v) is 7.78. The van der Waals surface area contributed by atoms with Crippen molar-refractivity contribution in [3.05, 3.63) is 71.2 Å². The molecule has 1 N–H and O–H groups in total. The van der Waals surface area contributed by atoms with Gasteiger partial charge in [0.2, 0.25) is 0 Å². The number of hydrogen-bond donors (Lipinski definition) is 1. The summed E-state index contributed by atoms with van der Waals surface area (Å²) in [7, 11) is 0. The van der Waals surface area contributed by atoms with Gasteiger partial charge in [-0.15, -0.1) is 0 Å². The van der Waals surface area contributed by atoms with E-state index < -0.39 is 0 Å². The van der Waals surface area contributed by atoms with Crippen molar-refractivity contribution in [3.8, 4) is 17.3 Å². The van der Waals surface area contributed by atoms with Crippen LogP contribution in [0.2, 0.25) is 0 Å². The number of carbonyl (C=O) groups excluding carboxylic acids is 1. The molecule has 1 unspecified atom stereocenters. The summed E-state index contributed by atoms with van der Waals surface area (Å²) in [6.07, 6.45) is 6.14. The SMILES string of the molecule is N#Cc1cccc(C(=O)NC2CCCn3nc(-c4ccnc(C5CC5)c4)cc32)c1. The molecule has 0 radical (unpaired) electrons. The Morgan fingerprint density at radius 2 is 2.07 bits per heavy atom. The van der Waals surface area contributed by atoms with Crippen LogP contribution in [-0.2, 0) is 6.54 Å². The standard InChI is InChI=1S/C23H21N5O/c24-14-15-3-1-4-18(11-15)23(29)26-19-5-2-10-28-22(19)13-21(27-28)17-8-9-25-20(12-17)16-6-7-16/h1,3-4,8-9,11-13,16,19H,2,5-7,10H2,(H,26,29). The van der Waals surface area contributed by atoms with Gasteiger partial charge in [-0.2, -0.15) is 10.4 Å². The summed E-state index contributed by atoms with van der Waals surface area (Å²) < 4.78 is 2.01. The molecule has 2 aliphatic rings. The molecule has 1 amide bonds. The van der Waals surface area contributed by atoms with Crippen LogP contribution in [0.4, 0.5) is 0 Å². The van der Waals surface area contributed by atoms with Crippen molar-refractivity contribution < 1.29 is 4.79 Å². The number of amides is 1. The predicted octanol–water partition coefficient (Wildman–Crippen LogP) is 3.96. The van der Waals surface area contributed by atoms with Crippen molar-refractivity contribution in [3.63, 3.8) is 0 Å². The van der Waals surface area contributed by atoms with E-state index in [1.807, 2.05) is 16.9 Å². The number of rotatable bonds is 4. The molecule has 1 aliphatic heterocycles. The van der Waals surface area contributed by atoms with E-state index in [9.17, 15) is 4.79 Å². The minimum atomic E-state index is -0.164. The molecular weight excluding hydrogens is 362 g/mol. The van der Waals surface area contributed by atoms with Crippen LogP contribution < -0.4 is 5.32 Å². The van der Waals surface area contributed by atoms with Gasteiger partial charge in [0.05, 0.1) is 29.1 Å². The molecule has 0 saturated heterocycles. The third kappa shape index (κ3) is 3.52. The molecule has 1 aliphatic carbocycles. The van der Waals surface area contributed by atoms with E-state index in [0.717, 1.165) is 42.0 Å². The number of benzene rings is 1. The van der Waals surface area contributed by atoms with Gasteiger partial charge in [0.15, 0.2) is 0 Å². The van der Waals surface area contributed by atoms with Gasteiger partial charge in [-0.1, -0.05) is 6.07 Å². The van der Waals surface area contributed by atoms with E-state index in [0.29, 0.717) is 17.0 Å². The monoisotopic (exact) mass is 383 g/mol. The van der Waals surface area contributed by atoms with Gasteiger partial charge >= 0.3 is 0 Å². The topological polar surface area (TPSA) is 83.6 Å². The Balaban J connectivity index is 1.40.